The van der Waals surface area contributed by atoms with Gasteiger partial charge in [0.2, 0.25) is 10.0 Å². The van der Waals surface area contributed by atoms with Crippen molar-refractivity contribution in [3.05, 3.63) is 16.3 Å². The van der Waals surface area contributed by atoms with Crippen LogP contribution in [0, 0.1) is 0 Å². The first-order chi connectivity index (χ1) is 9.72. The van der Waals surface area contributed by atoms with Gasteiger partial charge in [-0.05, 0) is 25.3 Å². The van der Waals surface area contributed by atoms with Gasteiger partial charge in [-0.3, -0.25) is 0 Å². The maximum absolute atomic E-state index is 12.9. The van der Waals surface area contributed by atoms with Gasteiger partial charge in [0.15, 0.2) is 0 Å². The summed E-state index contributed by atoms with van der Waals surface area (Å²) < 4.78 is 27.4. The van der Waals surface area contributed by atoms with Gasteiger partial charge in [0, 0.05) is 41.1 Å². The second-order valence-electron chi connectivity index (χ2n) is 6.19. The monoisotopic (exact) mass is 348 g/mol. The van der Waals surface area contributed by atoms with Crippen LogP contribution in [0.3, 0.4) is 0 Å². The van der Waals surface area contributed by atoms with Crippen LogP contribution in [0.4, 0.5) is 0 Å². The molecule has 0 amide bonds. The van der Waals surface area contributed by atoms with Gasteiger partial charge in [0.05, 0.1) is 4.90 Å². The number of nitrogens with zero attached hydrogens (tertiary/aromatic N) is 1. The highest BCUT2D eigenvalue weighted by Gasteiger charge is 2.35. The summed E-state index contributed by atoms with van der Waals surface area (Å²) in [6.07, 6.45) is 0. The number of thiophene rings is 1. The van der Waals surface area contributed by atoms with E-state index in [0.717, 1.165) is 10.6 Å². The molecular weight excluding hydrogens is 324 g/mol. The normalized spacial score (nSPS) is 20.0. The van der Waals surface area contributed by atoms with Crippen molar-refractivity contribution in [3.8, 4) is 0 Å². The first-order valence-electron chi connectivity index (χ1n) is 7.16. The van der Waals surface area contributed by atoms with E-state index in [1.54, 1.807) is 10.4 Å². The van der Waals surface area contributed by atoms with Crippen molar-refractivity contribution in [2.24, 2.45) is 0 Å². The van der Waals surface area contributed by atoms with Gasteiger partial charge in [0.25, 0.3) is 0 Å². The Morgan fingerprint density at radius 1 is 1.43 bits per heavy atom. The molecule has 4 nitrogen and oxygen atoms in total. The highest BCUT2D eigenvalue weighted by Crippen LogP contribution is 2.34. The third-order valence-electron chi connectivity index (χ3n) is 3.38. The first kappa shape index (κ1) is 17.3. The minimum atomic E-state index is -3.38. The smallest absolute Gasteiger partial charge is 0.244 e. The summed E-state index contributed by atoms with van der Waals surface area (Å²) in [4.78, 5) is 1.38. The standard InChI is InChI=1S/C14H24N2O2S3/c1-11(2)15-9-12-13(5-7-19-12)21(17,18)16-6-8-20-14(3,4)10-16/h5,7,11,15H,6,8-10H2,1-4H3. The molecule has 2 rings (SSSR count). The second-order valence-corrected chi connectivity index (χ2v) is 10.9. The molecule has 2 heterocycles. The molecule has 0 atom stereocenters. The number of hydrogen-bond donors (Lipinski definition) is 1. The molecule has 1 aromatic heterocycles. The molecule has 1 saturated heterocycles. The maximum atomic E-state index is 12.9. The van der Waals surface area contributed by atoms with E-state index < -0.39 is 10.0 Å². The Balaban J connectivity index is 2.22. The van der Waals surface area contributed by atoms with Crippen molar-refractivity contribution in [3.63, 3.8) is 0 Å². The van der Waals surface area contributed by atoms with E-state index in [1.807, 2.05) is 17.1 Å². The fourth-order valence-corrected chi connectivity index (χ4v) is 6.58. The van der Waals surface area contributed by atoms with Crippen molar-refractivity contribution >= 4 is 33.1 Å². The number of hydrogen-bond acceptors (Lipinski definition) is 5. The average Bonchev–Trinajstić information content (AvgIpc) is 2.84. The zero-order chi connectivity index (χ0) is 15.7. The molecule has 1 fully saturated rings. The van der Waals surface area contributed by atoms with Crippen LogP contribution in [0.2, 0.25) is 0 Å². The summed E-state index contributed by atoms with van der Waals surface area (Å²) in [6.45, 7) is 10.1. The minimum absolute atomic E-state index is 0.0162. The van der Waals surface area contributed by atoms with Crippen LogP contribution in [0.1, 0.15) is 32.6 Å². The van der Waals surface area contributed by atoms with E-state index in [-0.39, 0.29) is 4.75 Å². The zero-order valence-corrected chi connectivity index (χ0v) is 15.5. The van der Waals surface area contributed by atoms with Crippen LogP contribution in [-0.2, 0) is 16.6 Å². The topological polar surface area (TPSA) is 49.4 Å². The third kappa shape index (κ3) is 4.22. The highest BCUT2D eigenvalue weighted by atomic mass is 32.2. The Bertz CT molecular complexity index is 579. The molecule has 21 heavy (non-hydrogen) atoms. The highest BCUT2D eigenvalue weighted by molar-refractivity contribution is 8.00. The number of thioether (sulfide) groups is 1. The van der Waals surface area contributed by atoms with Gasteiger partial charge in [-0.1, -0.05) is 13.8 Å². The SMILES string of the molecule is CC(C)NCc1sccc1S(=O)(=O)N1CCSC(C)(C)C1. The van der Waals surface area contributed by atoms with Crippen LogP contribution in [0.25, 0.3) is 0 Å². The quantitative estimate of drug-likeness (QED) is 0.889. The van der Waals surface area contributed by atoms with Crippen LogP contribution in [0.15, 0.2) is 16.3 Å². The molecule has 0 radical (unpaired) electrons. The van der Waals surface area contributed by atoms with Crippen LogP contribution >= 0.6 is 23.1 Å². The molecule has 1 N–H and O–H groups in total. The molecule has 7 heteroatoms. The van der Waals surface area contributed by atoms with Gasteiger partial charge in [0.1, 0.15) is 0 Å². The fourth-order valence-electron chi connectivity index (χ4n) is 2.30. The molecule has 1 aliphatic heterocycles. The summed E-state index contributed by atoms with van der Waals surface area (Å²) in [5.41, 5.74) is 0. The second kappa shape index (κ2) is 6.58. The number of sulfonamides is 1. The van der Waals surface area contributed by atoms with Crippen LogP contribution in [0.5, 0.6) is 0 Å². The molecule has 0 unspecified atom stereocenters. The van der Waals surface area contributed by atoms with E-state index in [2.05, 4.69) is 33.0 Å². The third-order valence-corrected chi connectivity index (χ3v) is 7.66. The van der Waals surface area contributed by atoms with Crippen molar-refractivity contribution in [1.29, 1.82) is 0 Å². The fraction of sp³-hybridized carbons (Fsp3) is 0.714. The van der Waals surface area contributed by atoms with Gasteiger partial charge in [-0.15, -0.1) is 11.3 Å². The Morgan fingerprint density at radius 3 is 2.76 bits per heavy atom. The zero-order valence-electron chi connectivity index (χ0n) is 13.0. The number of rotatable bonds is 5. The maximum Gasteiger partial charge on any atom is 0.244 e. The summed E-state index contributed by atoms with van der Waals surface area (Å²) in [7, 11) is -3.38. The summed E-state index contributed by atoms with van der Waals surface area (Å²) in [6, 6.07) is 2.08. The molecule has 0 bridgehead atoms. The molecule has 120 valence electrons. The number of nitrogens with one attached hydrogen (secondary N) is 1. The first-order valence-corrected chi connectivity index (χ1v) is 10.5. The molecule has 0 saturated carbocycles. The van der Waals surface area contributed by atoms with Gasteiger partial charge < -0.3 is 5.32 Å². The lowest BCUT2D eigenvalue weighted by Gasteiger charge is -2.36. The van der Waals surface area contributed by atoms with E-state index in [1.165, 1.54) is 11.3 Å². The predicted molar refractivity (Wildman–Crippen MR) is 91.6 cm³/mol. The van der Waals surface area contributed by atoms with Crippen LogP contribution in [-0.4, -0.2) is 42.4 Å². The lowest BCUT2D eigenvalue weighted by Crippen LogP contribution is -2.46. The van der Waals surface area contributed by atoms with Gasteiger partial charge >= 0.3 is 0 Å². The largest absolute Gasteiger partial charge is 0.310 e. The van der Waals surface area contributed by atoms with Gasteiger partial charge in [-0.25, -0.2) is 8.42 Å². The summed E-state index contributed by atoms with van der Waals surface area (Å²) >= 11 is 3.35. The Labute approximate surface area is 136 Å². The van der Waals surface area contributed by atoms with Crippen LogP contribution < -0.4 is 5.32 Å². The molecule has 0 aromatic carbocycles. The molecule has 1 aliphatic rings. The Kier molecular flexibility index (Phi) is 5.41. The molecule has 0 spiro atoms. The summed E-state index contributed by atoms with van der Waals surface area (Å²) in [5, 5.41) is 5.17. The lowest BCUT2D eigenvalue weighted by molar-refractivity contribution is 0.387. The minimum Gasteiger partial charge on any atom is -0.310 e. The Hall–Kier alpha value is -0.0800. The van der Waals surface area contributed by atoms with Crippen molar-refractivity contribution in [2.45, 2.75) is 49.9 Å². The average molecular weight is 349 g/mol. The van der Waals surface area contributed by atoms with E-state index in [9.17, 15) is 8.42 Å². The lowest BCUT2D eigenvalue weighted by atomic mass is 10.2. The van der Waals surface area contributed by atoms with Crippen molar-refractivity contribution in [2.75, 3.05) is 18.8 Å². The molecule has 0 aliphatic carbocycles. The van der Waals surface area contributed by atoms with E-state index in [0.29, 0.717) is 30.6 Å². The Morgan fingerprint density at radius 2 is 2.14 bits per heavy atom. The van der Waals surface area contributed by atoms with E-state index >= 15 is 0 Å². The molecule has 1 aromatic rings. The summed E-state index contributed by atoms with van der Waals surface area (Å²) in [5.74, 6) is 0.857. The van der Waals surface area contributed by atoms with Crippen molar-refractivity contribution in [1.82, 2.24) is 9.62 Å². The molecular formula is C14H24N2O2S3. The van der Waals surface area contributed by atoms with E-state index in [4.69, 9.17) is 0 Å². The van der Waals surface area contributed by atoms with Crippen molar-refractivity contribution < 1.29 is 8.42 Å². The predicted octanol–water partition coefficient (Wildman–Crippen LogP) is 2.76. The van der Waals surface area contributed by atoms with Gasteiger partial charge in [-0.2, -0.15) is 16.1 Å².